The monoisotopic (exact) mass is 175 g/mol. The van der Waals surface area contributed by atoms with Crippen molar-refractivity contribution in [2.45, 2.75) is 26.7 Å². The van der Waals surface area contributed by atoms with Gasteiger partial charge in [-0.1, -0.05) is 32.0 Å². The molecular weight excluding hydrogens is 158 g/mol. The summed E-state index contributed by atoms with van der Waals surface area (Å²) in [6.45, 7) is 6.60. The van der Waals surface area contributed by atoms with Crippen LogP contribution in [0.15, 0.2) is 24.4 Å². The Morgan fingerprint density at radius 2 is 2.08 bits per heavy atom. The Morgan fingerprint density at radius 3 is 2.77 bits per heavy atom. The maximum Gasteiger partial charge on any atom is 0.0486 e. The van der Waals surface area contributed by atoms with Crippen molar-refractivity contribution in [3.05, 3.63) is 35.5 Å². The minimum absolute atomic E-state index is 0. The lowest BCUT2D eigenvalue weighted by Crippen LogP contribution is -1.83. The van der Waals surface area contributed by atoms with Gasteiger partial charge in [-0.2, -0.15) is 0 Å². The van der Waals surface area contributed by atoms with Crippen LogP contribution in [0.3, 0.4) is 0 Å². The molecule has 13 heavy (non-hydrogen) atoms. The number of para-hydroxylation sites is 1. The third kappa shape index (κ3) is 1.24. The third-order valence-corrected chi connectivity index (χ3v) is 2.58. The van der Waals surface area contributed by atoms with Gasteiger partial charge < -0.3 is 4.98 Å². The predicted molar refractivity (Wildman–Crippen MR) is 59.2 cm³/mol. The molecule has 0 aliphatic carbocycles. The van der Waals surface area contributed by atoms with Gasteiger partial charge in [0, 0.05) is 18.5 Å². The van der Waals surface area contributed by atoms with Crippen molar-refractivity contribution in [3.8, 4) is 0 Å². The van der Waals surface area contributed by atoms with Crippen LogP contribution in [0.5, 0.6) is 0 Å². The van der Waals surface area contributed by atoms with Crippen molar-refractivity contribution in [1.82, 2.24) is 4.98 Å². The molecule has 0 amide bonds. The smallest absolute Gasteiger partial charge is 0.0486 e. The number of aromatic amines is 1. The second kappa shape index (κ2) is 2.91. The first kappa shape index (κ1) is 8.36. The molecular formula is C12H17N. The number of nitrogens with one attached hydrogen (secondary N) is 1. The molecule has 0 unspecified atom stereocenters. The van der Waals surface area contributed by atoms with Crippen molar-refractivity contribution in [1.29, 1.82) is 0 Å². The molecule has 1 nitrogen and oxygen atoms in total. The summed E-state index contributed by atoms with van der Waals surface area (Å²) in [6.07, 6.45) is 2.13. The highest BCUT2D eigenvalue weighted by Crippen LogP contribution is 2.26. The van der Waals surface area contributed by atoms with E-state index in [1.54, 1.807) is 0 Å². The summed E-state index contributed by atoms with van der Waals surface area (Å²) in [6, 6.07) is 6.45. The molecule has 2 rings (SSSR count). The minimum atomic E-state index is 0. The summed E-state index contributed by atoms with van der Waals surface area (Å²) in [5.74, 6) is 0.593. The van der Waals surface area contributed by atoms with Crippen LogP contribution in [-0.2, 0) is 0 Å². The fourth-order valence-electron chi connectivity index (χ4n) is 1.81. The van der Waals surface area contributed by atoms with E-state index < -0.39 is 0 Å². The standard InChI is InChI=1S/C12H15N.H2/c1-8(2)11-7-13-12-9(3)5-4-6-10(11)12;/h4-8,13H,1-3H3;1H. The molecule has 1 aromatic heterocycles. The van der Waals surface area contributed by atoms with Gasteiger partial charge in [0.15, 0.2) is 0 Å². The van der Waals surface area contributed by atoms with Crippen LogP contribution in [0.1, 0.15) is 32.3 Å². The number of hydrogen-bond donors (Lipinski definition) is 1. The van der Waals surface area contributed by atoms with Crippen LogP contribution < -0.4 is 0 Å². The second-order valence-corrected chi connectivity index (χ2v) is 3.90. The van der Waals surface area contributed by atoms with Crippen LogP contribution in [0.4, 0.5) is 0 Å². The summed E-state index contributed by atoms with van der Waals surface area (Å²) in [5, 5.41) is 1.37. The van der Waals surface area contributed by atoms with Gasteiger partial charge in [-0.25, -0.2) is 0 Å². The number of aryl methyl sites for hydroxylation is 1. The van der Waals surface area contributed by atoms with E-state index in [2.05, 4.69) is 50.2 Å². The molecule has 70 valence electrons. The average molecular weight is 175 g/mol. The van der Waals surface area contributed by atoms with Gasteiger partial charge in [-0.15, -0.1) is 0 Å². The van der Waals surface area contributed by atoms with Gasteiger partial charge in [0.05, 0.1) is 0 Å². The van der Waals surface area contributed by atoms with Crippen LogP contribution in [0.25, 0.3) is 10.9 Å². The van der Waals surface area contributed by atoms with Crippen molar-refractivity contribution in [2.24, 2.45) is 0 Å². The summed E-state index contributed by atoms with van der Waals surface area (Å²) < 4.78 is 0. The molecule has 0 bridgehead atoms. The Labute approximate surface area is 80.3 Å². The largest absolute Gasteiger partial charge is 0.361 e. The molecule has 1 heterocycles. The van der Waals surface area contributed by atoms with E-state index in [0.717, 1.165) is 0 Å². The number of hydrogen-bond acceptors (Lipinski definition) is 0. The van der Waals surface area contributed by atoms with Gasteiger partial charge in [-0.3, -0.25) is 0 Å². The quantitative estimate of drug-likeness (QED) is 0.677. The Balaban J connectivity index is 0.000000980. The van der Waals surface area contributed by atoms with Crippen molar-refractivity contribution in [3.63, 3.8) is 0 Å². The van der Waals surface area contributed by atoms with Crippen molar-refractivity contribution in [2.75, 3.05) is 0 Å². The zero-order valence-corrected chi connectivity index (χ0v) is 8.39. The lowest BCUT2D eigenvalue weighted by molar-refractivity contribution is 0.875. The third-order valence-electron chi connectivity index (χ3n) is 2.58. The molecule has 0 fully saturated rings. The molecule has 0 aliphatic heterocycles. The van der Waals surface area contributed by atoms with Crippen LogP contribution >= 0.6 is 0 Å². The fourth-order valence-corrected chi connectivity index (χ4v) is 1.81. The van der Waals surface area contributed by atoms with Gasteiger partial charge in [-0.05, 0) is 24.0 Å². The van der Waals surface area contributed by atoms with Crippen LogP contribution in [-0.4, -0.2) is 4.98 Å². The molecule has 0 aliphatic rings. The zero-order chi connectivity index (χ0) is 9.42. The average Bonchev–Trinajstić information content (AvgIpc) is 2.48. The molecule has 0 radical (unpaired) electrons. The lowest BCUT2D eigenvalue weighted by Gasteiger charge is -2.02. The predicted octanol–water partition coefficient (Wildman–Crippen LogP) is 3.85. The van der Waals surface area contributed by atoms with Gasteiger partial charge in [0.2, 0.25) is 0 Å². The second-order valence-electron chi connectivity index (χ2n) is 3.90. The Morgan fingerprint density at radius 1 is 1.31 bits per heavy atom. The molecule has 0 spiro atoms. The van der Waals surface area contributed by atoms with Crippen molar-refractivity contribution >= 4 is 10.9 Å². The highest BCUT2D eigenvalue weighted by molar-refractivity contribution is 5.86. The number of aromatic nitrogens is 1. The summed E-state index contributed by atoms with van der Waals surface area (Å²) >= 11 is 0. The maximum absolute atomic E-state index is 3.34. The molecule has 1 heteroatoms. The molecule has 0 saturated heterocycles. The normalized spacial score (nSPS) is 11.4. The van der Waals surface area contributed by atoms with Gasteiger partial charge in [0.25, 0.3) is 0 Å². The van der Waals surface area contributed by atoms with E-state index in [-0.39, 0.29) is 1.43 Å². The van der Waals surface area contributed by atoms with E-state index in [1.165, 1.54) is 22.0 Å². The molecule has 0 saturated carbocycles. The summed E-state index contributed by atoms with van der Waals surface area (Å²) in [5.41, 5.74) is 4.02. The number of rotatable bonds is 1. The first-order chi connectivity index (χ1) is 6.20. The summed E-state index contributed by atoms with van der Waals surface area (Å²) in [7, 11) is 0. The SMILES string of the molecule is Cc1cccc2c(C(C)C)c[nH]c12.[HH]. The summed E-state index contributed by atoms with van der Waals surface area (Å²) in [4.78, 5) is 3.34. The van der Waals surface area contributed by atoms with E-state index >= 15 is 0 Å². The highest BCUT2D eigenvalue weighted by atomic mass is 14.7. The molecule has 2 aromatic rings. The topological polar surface area (TPSA) is 15.8 Å². The molecule has 0 atom stereocenters. The van der Waals surface area contributed by atoms with E-state index in [9.17, 15) is 0 Å². The van der Waals surface area contributed by atoms with Crippen molar-refractivity contribution < 1.29 is 1.43 Å². The van der Waals surface area contributed by atoms with Gasteiger partial charge in [0.1, 0.15) is 0 Å². The van der Waals surface area contributed by atoms with E-state index in [4.69, 9.17) is 0 Å². The fraction of sp³-hybridized carbons (Fsp3) is 0.333. The minimum Gasteiger partial charge on any atom is -0.361 e. The maximum atomic E-state index is 3.34. The molecule has 1 N–H and O–H groups in total. The lowest BCUT2D eigenvalue weighted by atomic mass is 10.0. The highest BCUT2D eigenvalue weighted by Gasteiger charge is 2.07. The number of H-pyrrole nitrogens is 1. The number of benzene rings is 1. The van der Waals surface area contributed by atoms with Crippen LogP contribution in [0.2, 0.25) is 0 Å². The Hall–Kier alpha value is -1.24. The van der Waals surface area contributed by atoms with E-state index in [0.29, 0.717) is 5.92 Å². The van der Waals surface area contributed by atoms with Crippen LogP contribution in [0, 0.1) is 6.92 Å². The van der Waals surface area contributed by atoms with Gasteiger partial charge >= 0.3 is 0 Å². The van der Waals surface area contributed by atoms with E-state index in [1.807, 2.05) is 0 Å². The first-order valence-corrected chi connectivity index (χ1v) is 4.76. The Bertz CT molecular complexity index is 429. The molecule has 1 aromatic carbocycles. The zero-order valence-electron chi connectivity index (χ0n) is 8.39. The first-order valence-electron chi connectivity index (χ1n) is 4.76. The Kier molecular flexibility index (Phi) is 1.87. The number of fused-ring (bicyclic) bond motifs is 1.